The van der Waals surface area contributed by atoms with E-state index >= 15 is 0 Å². The third kappa shape index (κ3) is 22.8. The molecule has 0 radical (unpaired) electrons. The molecule has 6 heteroatoms. The summed E-state index contributed by atoms with van der Waals surface area (Å²) in [7, 11) is -2.13. The molecule has 0 aliphatic carbocycles. The Labute approximate surface area is 255 Å². The van der Waals surface area contributed by atoms with Crippen LogP contribution in [0.2, 0.25) is 0 Å². The minimum Gasteiger partial charge on any atom is -0.393 e. The summed E-state index contributed by atoms with van der Waals surface area (Å²) in [6.45, 7) is 2.98. The van der Waals surface area contributed by atoms with Crippen molar-refractivity contribution in [1.29, 1.82) is 0 Å². The van der Waals surface area contributed by atoms with Gasteiger partial charge in [-0.2, -0.15) is 0 Å². The fourth-order valence-electron chi connectivity index (χ4n) is 5.61. The average Bonchev–Trinajstić information content (AvgIpc) is 2.97. The zero-order valence-corrected chi connectivity index (χ0v) is 28.2. The Bertz CT molecular complexity index is 551. The van der Waals surface area contributed by atoms with Crippen molar-refractivity contribution in [2.24, 2.45) is 0 Å². The zero-order valence-electron chi connectivity index (χ0n) is 27.3. The monoisotopic (exact) mass is 600 g/mol. The molecule has 244 valence electrons. The maximum absolute atomic E-state index is 13.0. The zero-order chi connectivity index (χ0) is 30.4. The second-order valence-corrected chi connectivity index (χ2v) is 14.9. The number of hydrogen-bond donors (Lipinski definition) is 3. The fourth-order valence-corrected chi connectivity index (χ4v) is 7.86. The first kappa shape index (κ1) is 40.6. The van der Waals surface area contributed by atoms with Gasteiger partial charge in [-0.25, -0.2) is 0 Å². The predicted molar refractivity (Wildman–Crippen MR) is 177 cm³/mol. The molecule has 0 bridgehead atoms. The van der Waals surface area contributed by atoms with E-state index in [2.05, 4.69) is 13.8 Å². The lowest BCUT2D eigenvalue weighted by Crippen LogP contribution is -2.39. The molecular weight excluding hydrogens is 531 g/mol. The molecule has 0 aliphatic heterocycles. The molecule has 0 saturated carbocycles. The maximum Gasteiger partial charge on any atom is 0.165 e. The second kappa shape index (κ2) is 29.7. The molecule has 0 aromatic rings. The van der Waals surface area contributed by atoms with Crippen molar-refractivity contribution in [1.82, 2.24) is 0 Å². The van der Waals surface area contributed by atoms with Crippen molar-refractivity contribution in [3.8, 4) is 0 Å². The lowest BCUT2D eigenvalue weighted by atomic mass is 10.0. The highest BCUT2D eigenvalue weighted by Gasteiger charge is 2.44. The van der Waals surface area contributed by atoms with E-state index in [1.165, 1.54) is 128 Å². The van der Waals surface area contributed by atoms with E-state index in [0.29, 0.717) is 12.8 Å². The smallest absolute Gasteiger partial charge is 0.165 e. The molecule has 0 aromatic carbocycles. The summed E-state index contributed by atoms with van der Waals surface area (Å²) >= 11 is 0. The molecule has 5 nitrogen and oxygen atoms in total. The first-order valence-electron chi connectivity index (χ1n) is 17.8. The van der Waals surface area contributed by atoms with Crippen molar-refractivity contribution < 1.29 is 24.9 Å². The summed E-state index contributed by atoms with van der Waals surface area (Å²) in [6.07, 6.45) is 32.2. The Kier molecular flexibility index (Phi) is 29.5. The van der Waals surface area contributed by atoms with Crippen LogP contribution in [0.15, 0.2) is 0 Å². The molecule has 3 N–H and O–H groups in total. The minimum absolute atomic E-state index is 0.246. The SMILES string of the molecule is CCCCCCCCCCCCCCCC(=O)P(C(=O)CCCCCCCCCCCCCCC)C(O)(CO)CO. The lowest BCUT2D eigenvalue weighted by molar-refractivity contribution is -0.115. The third-order valence-electron chi connectivity index (χ3n) is 8.41. The van der Waals surface area contributed by atoms with Gasteiger partial charge in [0.25, 0.3) is 0 Å². The Hall–Kier alpha value is -0.350. The van der Waals surface area contributed by atoms with E-state index in [1.54, 1.807) is 0 Å². The van der Waals surface area contributed by atoms with Gasteiger partial charge in [0.05, 0.1) is 21.1 Å². The highest BCUT2D eigenvalue weighted by molar-refractivity contribution is 7.90. The molecule has 0 aromatic heterocycles. The van der Waals surface area contributed by atoms with E-state index in [4.69, 9.17) is 0 Å². The van der Waals surface area contributed by atoms with Crippen LogP contribution in [0.1, 0.15) is 194 Å². The summed E-state index contributed by atoms with van der Waals surface area (Å²) in [6, 6.07) is 0. The van der Waals surface area contributed by atoms with Crippen molar-refractivity contribution in [2.45, 2.75) is 199 Å². The van der Waals surface area contributed by atoms with Gasteiger partial charge in [0.2, 0.25) is 0 Å². The molecule has 0 amide bonds. The Morgan fingerprint density at radius 1 is 0.439 bits per heavy atom. The van der Waals surface area contributed by atoms with Gasteiger partial charge >= 0.3 is 0 Å². The van der Waals surface area contributed by atoms with E-state index in [-0.39, 0.29) is 23.9 Å². The van der Waals surface area contributed by atoms with Crippen LogP contribution < -0.4 is 0 Å². The average molecular weight is 601 g/mol. The van der Waals surface area contributed by atoms with Gasteiger partial charge in [-0.05, 0) is 12.8 Å². The van der Waals surface area contributed by atoms with Crippen LogP contribution in [-0.2, 0) is 9.59 Å². The van der Waals surface area contributed by atoms with Gasteiger partial charge < -0.3 is 15.3 Å². The van der Waals surface area contributed by atoms with Gasteiger partial charge in [0.1, 0.15) is 5.34 Å². The number of carbonyl (C=O) groups excluding carboxylic acids is 2. The molecule has 0 rings (SSSR count). The summed E-state index contributed by atoms with van der Waals surface area (Å²) in [4.78, 5) is 26.0. The van der Waals surface area contributed by atoms with E-state index < -0.39 is 26.5 Å². The van der Waals surface area contributed by atoms with Crippen LogP contribution in [-0.4, -0.2) is 44.9 Å². The molecule has 0 heterocycles. The predicted octanol–water partition coefficient (Wildman–Crippen LogP) is 10.2. The summed E-state index contributed by atoms with van der Waals surface area (Å²) < 4.78 is 0. The number of hydrogen-bond acceptors (Lipinski definition) is 5. The molecule has 0 aliphatic rings. The first-order chi connectivity index (χ1) is 20.0. The van der Waals surface area contributed by atoms with Gasteiger partial charge in [0.15, 0.2) is 11.0 Å². The molecule has 0 atom stereocenters. The molecule has 0 spiro atoms. The van der Waals surface area contributed by atoms with Crippen LogP contribution in [0.5, 0.6) is 0 Å². The van der Waals surface area contributed by atoms with Crippen LogP contribution in [0.3, 0.4) is 0 Å². The number of carbonyl (C=O) groups is 2. The van der Waals surface area contributed by atoms with Gasteiger partial charge in [-0.3, -0.25) is 9.59 Å². The molecular formula is C35H69O5P. The highest BCUT2D eigenvalue weighted by atomic mass is 31.1. The number of rotatable bonds is 33. The number of aliphatic hydroxyl groups is 3. The van der Waals surface area contributed by atoms with Crippen molar-refractivity contribution in [3.05, 3.63) is 0 Å². The van der Waals surface area contributed by atoms with E-state index in [9.17, 15) is 24.9 Å². The summed E-state index contributed by atoms with van der Waals surface area (Å²) in [5.41, 5.74) is -0.540. The normalized spacial score (nSPS) is 12.0. The van der Waals surface area contributed by atoms with E-state index in [0.717, 1.165) is 25.7 Å². The quantitative estimate of drug-likeness (QED) is 0.0514. The van der Waals surface area contributed by atoms with Gasteiger partial charge in [0, 0.05) is 12.8 Å². The maximum atomic E-state index is 13.0. The first-order valence-corrected chi connectivity index (χ1v) is 19.1. The minimum atomic E-state index is -2.13. The van der Waals surface area contributed by atoms with Crippen LogP contribution in [0.25, 0.3) is 0 Å². The van der Waals surface area contributed by atoms with Crippen LogP contribution >= 0.6 is 7.92 Å². The Morgan fingerprint density at radius 2 is 0.659 bits per heavy atom. The van der Waals surface area contributed by atoms with Crippen molar-refractivity contribution in [3.63, 3.8) is 0 Å². The molecule has 0 saturated heterocycles. The number of unbranched alkanes of at least 4 members (excludes halogenated alkanes) is 24. The Balaban J connectivity index is 4.10. The topological polar surface area (TPSA) is 94.8 Å². The Morgan fingerprint density at radius 3 is 0.878 bits per heavy atom. The second-order valence-electron chi connectivity index (χ2n) is 12.4. The fraction of sp³-hybridized carbons (Fsp3) is 0.943. The van der Waals surface area contributed by atoms with Crippen molar-refractivity contribution in [2.75, 3.05) is 13.2 Å². The van der Waals surface area contributed by atoms with Crippen molar-refractivity contribution >= 4 is 19.0 Å². The summed E-state index contributed by atoms with van der Waals surface area (Å²) in [5.74, 6) is 0. The highest BCUT2D eigenvalue weighted by Crippen LogP contribution is 2.51. The summed E-state index contributed by atoms with van der Waals surface area (Å²) in [5, 5.41) is 28.2. The molecule has 0 fully saturated rings. The lowest BCUT2D eigenvalue weighted by Gasteiger charge is -2.31. The molecule has 0 unspecified atom stereocenters. The largest absolute Gasteiger partial charge is 0.393 e. The molecule has 41 heavy (non-hydrogen) atoms. The third-order valence-corrected chi connectivity index (χ3v) is 11.0. The van der Waals surface area contributed by atoms with E-state index in [1.807, 2.05) is 0 Å². The van der Waals surface area contributed by atoms with Crippen LogP contribution in [0, 0.1) is 0 Å². The van der Waals surface area contributed by atoms with Gasteiger partial charge in [-0.15, -0.1) is 0 Å². The standard InChI is InChI=1S/C35H69O5P/c1-3-5-7-9-11-13-15-17-19-21-23-25-27-29-33(38)41(35(40,31-36)32-37)34(39)30-28-26-24-22-20-18-16-14-12-10-8-6-4-2/h36-37,40H,3-32H2,1-2H3. The number of aliphatic hydroxyl groups excluding tert-OH is 2. The van der Waals surface area contributed by atoms with Gasteiger partial charge in [-0.1, -0.05) is 168 Å². The van der Waals surface area contributed by atoms with Crippen LogP contribution in [0.4, 0.5) is 0 Å².